The standard InChI is InChI=1S/C25H28N2O3/c1-18(27-24(29)21-11-5-6-12-22(21)25(27)30)8-7-13-23(20-9-3-2-4-10-20)26(17-28)16-19-14-15-19/h2-4,7,9-13,17-19,23H,5-6,8,14-16H2,1H3/b13-7-. The lowest BCUT2D eigenvalue weighted by atomic mass is 10.0. The predicted octanol–water partition coefficient (Wildman–Crippen LogP) is 3.95. The van der Waals surface area contributed by atoms with Crippen molar-refractivity contribution in [3.05, 3.63) is 71.3 Å². The summed E-state index contributed by atoms with van der Waals surface area (Å²) in [6.07, 6.45) is 13.2. The number of amides is 3. The fourth-order valence-corrected chi connectivity index (χ4v) is 4.23. The highest BCUT2D eigenvalue weighted by Crippen LogP contribution is 2.33. The van der Waals surface area contributed by atoms with Gasteiger partial charge in [0, 0.05) is 23.7 Å². The van der Waals surface area contributed by atoms with Gasteiger partial charge in [-0.15, -0.1) is 0 Å². The van der Waals surface area contributed by atoms with Crippen molar-refractivity contribution in [1.29, 1.82) is 0 Å². The Labute approximate surface area is 177 Å². The van der Waals surface area contributed by atoms with Crippen LogP contribution in [-0.4, -0.2) is 40.6 Å². The summed E-state index contributed by atoms with van der Waals surface area (Å²) in [4.78, 5) is 40.5. The minimum Gasteiger partial charge on any atom is -0.334 e. The first kappa shape index (κ1) is 20.3. The monoisotopic (exact) mass is 404 g/mol. The molecule has 5 heteroatoms. The molecule has 3 aliphatic rings. The fourth-order valence-electron chi connectivity index (χ4n) is 4.23. The molecule has 2 fully saturated rings. The average Bonchev–Trinajstić information content (AvgIpc) is 3.56. The number of carbonyl (C=O) groups excluding carboxylic acids is 3. The molecule has 30 heavy (non-hydrogen) atoms. The van der Waals surface area contributed by atoms with E-state index in [0.29, 0.717) is 23.5 Å². The number of allylic oxidation sites excluding steroid dienone is 2. The van der Waals surface area contributed by atoms with Gasteiger partial charge in [-0.1, -0.05) is 54.6 Å². The number of benzene rings is 1. The summed E-state index contributed by atoms with van der Waals surface area (Å²) < 4.78 is 0. The third-order valence-corrected chi connectivity index (χ3v) is 6.09. The number of rotatable bonds is 9. The van der Waals surface area contributed by atoms with E-state index in [1.54, 1.807) is 0 Å². The van der Waals surface area contributed by atoms with E-state index in [-0.39, 0.29) is 23.9 Å². The molecule has 1 aliphatic heterocycles. The number of hydrogen-bond acceptors (Lipinski definition) is 3. The number of imide groups is 1. The second-order valence-electron chi connectivity index (χ2n) is 8.41. The number of nitrogens with zero attached hydrogens (tertiary/aromatic N) is 2. The van der Waals surface area contributed by atoms with Crippen molar-refractivity contribution in [3.63, 3.8) is 0 Å². The van der Waals surface area contributed by atoms with E-state index >= 15 is 0 Å². The topological polar surface area (TPSA) is 57.7 Å². The predicted molar refractivity (Wildman–Crippen MR) is 115 cm³/mol. The second kappa shape index (κ2) is 8.82. The quantitative estimate of drug-likeness (QED) is 0.356. The van der Waals surface area contributed by atoms with Crippen LogP contribution in [0.2, 0.25) is 0 Å². The molecule has 4 rings (SSSR count). The van der Waals surface area contributed by atoms with Crippen molar-refractivity contribution in [1.82, 2.24) is 9.80 Å². The Morgan fingerprint density at radius 3 is 2.27 bits per heavy atom. The summed E-state index contributed by atoms with van der Waals surface area (Å²) in [5.74, 6) is 0.225. The van der Waals surface area contributed by atoms with Gasteiger partial charge in [0.2, 0.25) is 6.41 Å². The van der Waals surface area contributed by atoms with Crippen LogP contribution in [0.3, 0.4) is 0 Å². The molecule has 1 aromatic rings. The first-order chi connectivity index (χ1) is 14.6. The molecule has 0 spiro atoms. The Morgan fingerprint density at radius 1 is 1.07 bits per heavy atom. The maximum Gasteiger partial charge on any atom is 0.261 e. The van der Waals surface area contributed by atoms with Gasteiger partial charge in [-0.25, -0.2) is 0 Å². The first-order valence-electron chi connectivity index (χ1n) is 10.8. The number of likely N-dealkylation sites (tertiary alicyclic amines) is 1. The van der Waals surface area contributed by atoms with E-state index in [0.717, 1.165) is 31.4 Å². The van der Waals surface area contributed by atoms with Crippen LogP contribution in [0.15, 0.2) is 65.8 Å². The maximum atomic E-state index is 12.7. The summed E-state index contributed by atoms with van der Waals surface area (Å²) in [5, 5.41) is 0. The number of fused-ring (bicyclic) bond motifs is 1. The van der Waals surface area contributed by atoms with Gasteiger partial charge in [-0.2, -0.15) is 0 Å². The molecule has 2 unspecified atom stereocenters. The molecule has 0 radical (unpaired) electrons. The molecule has 1 aromatic carbocycles. The zero-order valence-electron chi connectivity index (χ0n) is 17.4. The molecular formula is C25H28N2O3. The van der Waals surface area contributed by atoms with E-state index in [9.17, 15) is 14.4 Å². The summed E-state index contributed by atoms with van der Waals surface area (Å²) in [6, 6.07) is 9.59. The lowest BCUT2D eigenvalue weighted by Gasteiger charge is -2.27. The highest BCUT2D eigenvalue weighted by atomic mass is 16.2. The van der Waals surface area contributed by atoms with Crippen LogP contribution in [0.25, 0.3) is 0 Å². The molecule has 0 aromatic heterocycles. The summed E-state index contributed by atoms with van der Waals surface area (Å²) >= 11 is 0. The van der Waals surface area contributed by atoms with Gasteiger partial charge < -0.3 is 4.90 Å². The lowest BCUT2D eigenvalue weighted by Crippen LogP contribution is -2.37. The molecular weight excluding hydrogens is 376 g/mol. The molecule has 1 heterocycles. The highest BCUT2D eigenvalue weighted by Gasteiger charge is 2.41. The van der Waals surface area contributed by atoms with Crippen molar-refractivity contribution in [2.45, 2.75) is 51.1 Å². The van der Waals surface area contributed by atoms with Crippen LogP contribution in [0.5, 0.6) is 0 Å². The smallest absolute Gasteiger partial charge is 0.261 e. The van der Waals surface area contributed by atoms with Crippen molar-refractivity contribution in [2.24, 2.45) is 5.92 Å². The minimum atomic E-state index is -0.238. The number of carbonyl (C=O) groups is 3. The fraction of sp³-hybridized carbons (Fsp3) is 0.400. The van der Waals surface area contributed by atoms with Gasteiger partial charge in [0.15, 0.2) is 0 Å². The van der Waals surface area contributed by atoms with Crippen molar-refractivity contribution >= 4 is 18.2 Å². The third kappa shape index (κ3) is 4.16. The Morgan fingerprint density at radius 2 is 1.70 bits per heavy atom. The van der Waals surface area contributed by atoms with E-state index < -0.39 is 0 Å². The third-order valence-electron chi connectivity index (χ3n) is 6.09. The SMILES string of the molecule is CC(C/C=C\C(c1ccccc1)N(C=O)CC1CC1)N1C(=O)C2=CCCC=C2C1=O. The average molecular weight is 405 g/mol. The second-order valence-corrected chi connectivity index (χ2v) is 8.41. The van der Waals surface area contributed by atoms with E-state index in [4.69, 9.17) is 0 Å². The Kier molecular flexibility index (Phi) is 5.98. The first-order valence-corrected chi connectivity index (χ1v) is 10.8. The van der Waals surface area contributed by atoms with Gasteiger partial charge >= 0.3 is 0 Å². The van der Waals surface area contributed by atoms with Gasteiger partial charge in [0.25, 0.3) is 11.8 Å². The summed E-state index contributed by atoms with van der Waals surface area (Å²) in [5.41, 5.74) is 2.17. The van der Waals surface area contributed by atoms with E-state index in [1.807, 2.05) is 66.5 Å². The molecule has 5 nitrogen and oxygen atoms in total. The molecule has 3 amide bonds. The van der Waals surface area contributed by atoms with Gasteiger partial charge in [-0.05, 0) is 50.5 Å². The van der Waals surface area contributed by atoms with Crippen molar-refractivity contribution in [3.8, 4) is 0 Å². The van der Waals surface area contributed by atoms with Crippen molar-refractivity contribution < 1.29 is 14.4 Å². The van der Waals surface area contributed by atoms with Gasteiger partial charge in [0.05, 0.1) is 6.04 Å². The lowest BCUT2D eigenvalue weighted by molar-refractivity contribution is -0.138. The zero-order valence-corrected chi connectivity index (χ0v) is 17.4. The summed E-state index contributed by atoms with van der Waals surface area (Å²) in [6.45, 7) is 2.66. The van der Waals surface area contributed by atoms with Crippen LogP contribution >= 0.6 is 0 Å². The van der Waals surface area contributed by atoms with Crippen LogP contribution in [0.4, 0.5) is 0 Å². The zero-order chi connectivity index (χ0) is 21.1. The van der Waals surface area contributed by atoms with Crippen molar-refractivity contribution in [2.75, 3.05) is 6.54 Å². The molecule has 1 saturated carbocycles. The molecule has 0 bridgehead atoms. The van der Waals surface area contributed by atoms with E-state index in [2.05, 4.69) is 0 Å². The largest absolute Gasteiger partial charge is 0.334 e. The van der Waals surface area contributed by atoms with Crippen LogP contribution in [0.1, 0.15) is 50.6 Å². The summed E-state index contributed by atoms with van der Waals surface area (Å²) in [7, 11) is 0. The molecule has 2 aliphatic carbocycles. The van der Waals surface area contributed by atoms with Gasteiger partial charge in [0.1, 0.15) is 0 Å². The Bertz CT molecular complexity index is 880. The van der Waals surface area contributed by atoms with Crippen LogP contribution in [-0.2, 0) is 14.4 Å². The number of hydrogen-bond donors (Lipinski definition) is 0. The maximum absolute atomic E-state index is 12.7. The molecule has 1 saturated heterocycles. The normalized spacial score (nSPS) is 20.6. The Hall–Kier alpha value is -2.95. The Balaban J connectivity index is 1.48. The van der Waals surface area contributed by atoms with Gasteiger partial charge in [-0.3, -0.25) is 19.3 Å². The highest BCUT2D eigenvalue weighted by molar-refractivity contribution is 6.24. The molecule has 156 valence electrons. The minimum absolute atomic E-state index is 0.144. The van der Waals surface area contributed by atoms with Crippen LogP contribution in [0, 0.1) is 5.92 Å². The molecule has 0 N–H and O–H groups in total. The van der Waals surface area contributed by atoms with E-state index in [1.165, 1.54) is 17.7 Å². The molecule has 2 atom stereocenters. The van der Waals surface area contributed by atoms with Crippen LogP contribution < -0.4 is 0 Å².